The molecule has 6 heteroatoms. The third-order valence-electron chi connectivity index (χ3n) is 3.16. The van der Waals surface area contributed by atoms with E-state index in [1.165, 1.54) is 12.1 Å². The summed E-state index contributed by atoms with van der Waals surface area (Å²) in [5.74, 6) is 0. The number of hydrogen-bond acceptors (Lipinski definition) is 5. The van der Waals surface area contributed by atoms with Crippen LogP contribution in [0.1, 0.15) is 17.0 Å². The van der Waals surface area contributed by atoms with E-state index in [1.54, 1.807) is 6.07 Å². The summed E-state index contributed by atoms with van der Waals surface area (Å²) in [5, 5.41) is 10.8. The largest absolute Gasteiger partial charge is 0.398 e. The molecule has 0 aliphatic heterocycles. The number of nitro groups is 1. The predicted molar refractivity (Wildman–Crippen MR) is 81.7 cm³/mol. The summed E-state index contributed by atoms with van der Waals surface area (Å²) >= 11 is 0. The number of rotatable bonds is 5. The first-order valence-corrected chi connectivity index (χ1v) is 6.59. The number of nitrogens with two attached hydrogens (primary N) is 1. The number of benzene rings is 1. The van der Waals surface area contributed by atoms with Crippen LogP contribution in [-0.4, -0.2) is 21.9 Å². The lowest BCUT2D eigenvalue weighted by atomic mass is 10.1. The van der Waals surface area contributed by atoms with Gasteiger partial charge < -0.3 is 5.73 Å². The number of aryl methyl sites for hydroxylation is 1. The van der Waals surface area contributed by atoms with E-state index in [0.717, 1.165) is 17.0 Å². The van der Waals surface area contributed by atoms with Crippen molar-refractivity contribution in [1.82, 2.24) is 9.88 Å². The molecule has 2 N–H and O–H groups in total. The average molecular weight is 286 g/mol. The molecule has 1 heterocycles. The lowest BCUT2D eigenvalue weighted by Crippen LogP contribution is -2.19. The smallest absolute Gasteiger partial charge is 0.269 e. The first-order chi connectivity index (χ1) is 9.95. The molecule has 1 aromatic heterocycles. The molecule has 21 heavy (non-hydrogen) atoms. The predicted octanol–water partition coefficient (Wildman–Crippen LogP) is 2.51. The van der Waals surface area contributed by atoms with Gasteiger partial charge in [-0.3, -0.25) is 20.0 Å². The average Bonchev–Trinajstić information content (AvgIpc) is 2.41. The van der Waals surface area contributed by atoms with E-state index >= 15 is 0 Å². The molecule has 0 spiro atoms. The van der Waals surface area contributed by atoms with Gasteiger partial charge in [0.05, 0.1) is 10.6 Å². The highest BCUT2D eigenvalue weighted by molar-refractivity contribution is 5.52. The summed E-state index contributed by atoms with van der Waals surface area (Å²) in [6.45, 7) is 3.13. The summed E-state index contributed by atoms with van der Waals surface area (Å²) in [6.07, 6.45) is 0. The normalized spacial score (nSPS) is 10.8. The minimum atomic E-state index is -0.412. The molecule has 0 aliphatic rings. The summed E-state index contributed by atoms with van der Waals surface area (Å²) < 4.78 is 0. The molecule has 0 aliphatic carbocycles. The van der Waals surface area contributed by atoms with Crippen molar-refractivity contribution in [1.29, 1.82) is 0 Å². The van der Waals surface area contributed by atoms with Gasteiger partial charge in [-0.05, 0) is 37.7 Å². The van der Waals surface area contributed by atoms with E-state index in [-0.39, 0.29) is 5.69 Å². The van der Waals surface area contributed by atoms with E-state index in [1.807, 2.05) is 37.1 Å². The highest BCUT2D eigenvalue weighted by Crippen LogP contribution is 2.21. The van der Waals surface area contributed by atoms with E-state index in [2.05, 4.69) is 4.98 Å². The van der Waals surface area contributed by atoms with Crippen molar-refractivity contribution in [3.8, 4) is 0 Å². The van der Waals surface area contributed by atoms with Crippen LogP contribution >= 0.6 is 0 Å². The van der Waals surface area contributed by atoms with E-state index < -0.39 is 4.92 Å². The number of hydrogen-bond donors (Lipinski definition) is 1. The molecule has 6 nitrogen and oxygen atoms in total. The minimum Gasteiger partial charge on any atom is -0.398 e. The molecule has 0 amide bonds. The molecular formula is C15H18N4O2. The van der Waals surface area contributed by atoms with Gasteiger partial charge in [0.2, 0.25) is 0 Å². The number of non-ortho nitro benzene ring substituents is 1. The number of nitrogen functional groups attached to an aromatic ring is 1. The minimum absolute atomic E-state index is 0.0567. The zero-order valence-corrected chi connectivity index (χ0v) is 12.1. The van der Waals surface area contributed by atoms with Crippen molar-refractivity contribution in [2.24, 2.45) is 0 Å². The molecule has 110 valence electrons. The zero-order chi connectivity index (χ0) is 15.4. The summed E-state index contributed by atoms with van der Waals surface area (Å²) in [5.41, 5.74) is 9.18. The molecule has 0 unspecified atom stereocenters. The lowest BCUT2D eigenvalue weighted by molar-refractivity contribution is -0.384. The molecule has 2 aromatic rings. The Labute approximate surface area is 123 Å². The number of aromatic nitrogens is 1. The number of nitrogens with zero attached hydrogens (tertiary/aromatic N) is 3. The summed E-state index contributed by atoms with van der Waals surface area (Å²) in [7, 11) is 1.93. The van der Waals surface area contributed by atoms with Gasteiger partial charge in [-0.1, -0.05) is 6.07 Å². The van der Waals surface area contributed by atoms with E-state index in [0.29, 0.717) is 18.8 Å². The van der Waals surface area contributed by atoms with Crippen LogP contribution < -0.4 is 5.73 Å². The van der Waals surface area contributed by atoms with E-state index in [4.69, 9.17) is 5.73 Å². The van der Waals surface area contributed by atoms with Crippen molar-refractivity contribution >= 4 is 11.4 Å². The van der Waals surface area contributed by atoms with E-state index in [9.17, 15) is 10.1 Å². The Balaban J connectivity index is 2.10. The molecule has 0 radical (unpaired) electrons. The van der Waals surface area contributed by atoms with Gasteiger partial charge in [0, 0.05) is 36.6 Å². The Hall–Kier alpha value is -2.47. The fourth-order valence-corrected chi connectivity index (χ4v) is 2.15. The van der Waals surface area contributed by atoms with Crippen LogP contribution in [0.2, 0.25) is 0 Å². The van der Waals surface area contributed by atoms with Crippen LogP contribution in [0.4, 0.5) is 11.4 Å². The molecule has 0 bridgehead atoms. The Morgan fingerprint density at radius 1 is 1.29 bits per heavy atom. The first-order valence-electron chi connectivity index (χ1n) is 6.59. The van der Waals surface area contributed by atoms with Crippen LogP contribution in [-0.2, 0) is 13.1 Å². The van der Waals surface area contributed by atoms with Gasteiger partial charge in [0.1, 0.15) is 0 Å². The van der Waals surface area contributed by atoms with Crippen LogP contribution in [0.15, 0.2) is 36.4 Å². The standard InChI is InChI=1S/C15H18N4O2/c1-11-4-3-5-13(17-11)10-18(2)9-12-8-14(19(20)21)6-7-15(12)16/h3-8H,9-10,16H2,1-2H3. The second kappa shape index (κ2) is 6.32. The zero-order valence-electron chi connectivity index (χ0n) is 12.1. The summed E-state index contributed by atoms with van der Waals surface area (Å²) in [4.78, 5) is 16.9. The first kappa shape index (κ1) is 14.9. The number of anilines is 1. The Morgan fingerprint density at radius 3 is 2.71 bits per heavy atom. The SMILES string of the molecule is Cc1cccc(CN(C)Cc2cc([N+](=O)[O-])ccc2N)n1. The van der Waals surface area contributed by atoms with Crippen LogP contribution in [0.3, 0.4) is 0 Å². The van der Waals surface area contributed by atoms with Crippen molar-refractivity contribution in [3.05, 3.63) is 63.5 Å². The second-order valence-corrected chi connectivity index (χ2v) is 5.08. The molecular weight excluding hydrogens is 268 g/mol. The highest BCUT2D eigenvalue weighted by Gasteiger charge is 2.11. The maximum atomic E-state index is 10.8. The van der Waals surface area contributed by atoms with Crippen molar-refractivity contribution in [2.45, 2.75) is 20.0 Å². The van der Waals surface area contributed by atoms with Gasteiger partial charge in [-0.2, -0.15) is 0 Å². The van der Waals surface area contributed by atoms with Crippen molar-refractivity contribution in [2.75, 3.05) is 12.8 Å². The molecule has 0 saturated carbocycles. The molecule has 1 aromatic carbocycles. The molecule has 0 atom stereocenters. The third kappa shape index (κ3) is 4.00. The fraction of sp³-hybridized carbons (Fsp3) is 0.267. The molecule has 0 fully saturated rings. The van der Waals surface area contributed by atoms with Gasteiger partial charge in [-0.25, -0.2) is 0 Å². The van der Waals surface area contributed by atoms with Crippen LogP contribution in [0, 0.1) is 17.0 Å². The number of nitro benzene ring substituents is 1. The van der Waals surface area contributed by atoms with Gasteiger partial charge >= 0.3 is 0 Å². The molecule has 0 saturated heterocycles. The van der Waals surface area contributed by atoms with Gasteiger partial charge in [0.25, 0.3) is 5.69 Å². The van der Waals surface area contributed by atoms with Crippen LogP contribution in [0.25, 0.3) is 0 Å². The lowest BCUT2D eigenvalue weighted by Gasteiger charge is -2.17. The van der Waals surface area contributed by atoms with Gasteiger partial charge in [0.15, 0.2) is 0 Å². The molecule has 2 rings (SSSR count). The Morgan fingerprint density at radius 2 is 2.05 bits per heavy atom. The fourth-order valence-electron chi connectivity index (χ4n) is 2.15. The highest BCUT2D eigenvalue weighted by atomic mass is 16.6. The van der Waals surface area contributed by atoms with Crippen molar-refractivity contribution in [3.63, 3.8) is 0 Å². The second-order valence-electron chi connectivity index (χ2n) is 5.08. The van der Waals surface area contributed by atoms with Crippen LogP contribution in [0.5, 0.6) is 0 Å². The number of pyridine rings is 1. The maximum absolute atomic E-state index is 10.8. The monoisotopic (exact) mass is 286 g/mol. The maximum Gasteiger partial charge on any atom is 0.269 e. The van der Waals surface area contributed by atoms with Crippen molar-refractivity contribution < 1.29 is 4.92 Å². The topological polar surface area (TPSA) is 85.3 Å². The Bertz CT molecular complexity index is 658. The Kier molecular flexibility index (Phi) is 4.49. The van der Waals surface area contributed by atoms with Gasteiger partial charge in [-0.15, -0.1) is 0 Å². The summed E-state index contributed by atoms with van der Waals surface area (Å²) in [6, 6.07) is 10.4. The third-order valence-corrected chi connectivity index (χ3v) is 3.16. The quantitative estimate of drug-likeness (QED) is 0.518.